The van der Waals surface area contributed by atoms with Gasteiger partial charge in [-0.15, -0.1) is 0 Å². The molecular formula is C20H17Cl2N3O3. The van der Waals surface area contributed by atoms with E-state index >= 15 is 0 Å². The van der Waals surface area contributed by atoms with E-state index < -0.39 is 0 Å². The lowest BCUT2D eigenvalue weighted by Gasteiger charge is -2.27. The van der Waals surface area contributed by atoms with Crippen LogP contribution >= 0.6 is 23.2 Å². The molecule has 4 rings (SSSR count). The highest BCUT2D eigenvalue weighted by Gasteiger charge is 2.27. The number of rotatable bonds is 3. The fourth-order valence-electron chi connectivity index (χ4n) is 3.40. The standard InChI is InChI=1S/C20H17Cl2N3O3/c21-12-3-1-2-11(6-12)7-19(28)25-5-4-16-14(10-25)20(24-23-16)13-8-15(22)18(27)9-17(13)26/h1-3,6,8-9,26-27H,4-5,7,10H2,(H,23,24). The minimum Gasteiger partial charge on any atom is -0.507 e. The van der Waals surface area contributed by atoms with E-state index in [9.17, 15) is 15.0 Å². The second kappa shape index (κ2) is 7.37. The second-order valence-electron chi connectivity index (χ2n) is 6.72. The summed E-state index contributed by atoms with van der Waals surface area (Å²) in [6.07, 6.45) is 0.898. The van der Waals surface area contributed by atoms with Crippen molar-refractivity contribution in [1.82, 2.24) is 15.1 Å². The number of aromatic hydroxyl groups is 2. The molecule has 0 aliphatic carbocycles. The van der Waals surface area contributed by atoms with Gasteiger partial charge in [-0.1, -0.05) is 35.3 Å². The van der Waals surface area contributed by atoms with Crippen molar-refractivity contribution in [3.05, 3.63) is 63.3 Å². The van der Waals surface area contributed by atoms with Crippen LogP contribution < -0.4 is 0 Å². The third-order valence-electron chi connectivity index (χ3n) is 4.85. The van der Waals surface area contributed by atoms with Gasteiger partial charge in [-0.2, -0.15) is 5.10 Å². The fourth-order valence-corrected chi connectivity index (χ4v) is 3.78. The van der Waals surface area contributed by atoms with Crippen molar-refractivity contribution in [3.63, 3.8) is 0 Å². The Balaban J connectivity index is 1.60. The average Bonchev–Trinajstić information content (AvgIpc) is 3.07. The van der Waals surface area contributed by atoms with Crippen LogP contribution in [0, 0.1) is 0 Å². The van der Waals surface area contributed by atoms with Gasteiger partial charge in [-0.3, -0.25) is 9.89 Å². The monoisotopic (exact) mass is 417 g/mol. The van der Waals surface area contributed by atoms with Crippen molar-refractivity contribution in [3.8, 4) is 22.8 Å². The zero-order valence-corrected chi connectivity index (χ0v) is 16.3. The van der Waals surface area contributed by atoms with Crippen molar-refractivity contribution in [2.45, 2.75) is 19.4 Å². The summed E-state index contributed by atoms with van der Waals surface area (Å²) in [6, 6.07) is 9.91. The molecule has 1 aliphatic heterocycles. The molecule has 0 unspecified atom stereocenters. The zero-order chi connectivity index (χ0) is 19.8. The Labute approximate surface area is 171 Å². The van der Waals surface area contributed by atoms with E-state index in [1.54, 1.807) is 17.0 Å². The Hall–Kier alpha value is -2.70. The zero-order valence-electron chi connectivity index (χ0n) is 14.7. The number of phenolic OH excluding ortho intramolecular Hbond substituents is 2. The lowest BCUT2D eigenvalue weighted by atomic mass is 9.99. The summed E-state index contributed by atoms with van der Waals surface area (Å²) in [5, 5.41) is 27.9. The molecule has 0 spiro atoms. The molecule has 28 heavy (non-hydrogen) atoms. The maximum atomic E-state index is 12.8. The van der Waals surface area contributed by atoms with Crippen molar-refractivity contribution < 1.29 is 15.0 Å². The number of halogens is 2. The number of nitrogens with zero attached hydrogens (tertiary/aromatic N) is 2. The molecule has 0 atom stereocenters. The van der Waals surface area contributed by atoms with Crippen molar-refractivity contribution in [2.24, 2.45) is 0 Å². The molecule has 0 saturated heterocycles. The predicted molar refractivity (Wildman–Crippen MR) is 107 cm³/mol. The number of aromatic nitrogens is 2. The van der Waals surface area contributed by atoms with Crippen LogP contribution in [0.15, 0.2) is 36.4 Å². The summed E-state index contributed by atoms with van der Waals surface area (Å²) in [5.41, 5.74) is 3.55. The number of benzene rings is 2. The summed E-state index contributed by atoms with van der Waals surface area (Å²) in [6.45, 7) is 0.953. The van der Waals surface area contributed by atoms with Gasteiger partial charge in [0.05, 0.1) is 11.4 Å². The molecule has 0 saturated carbocycles. The molecular weight excluding hydrogens is 401 g/mol. The van der Waals surface area contributed by atoms with E-state index in [1.165, 1.54) is 12.1 Å². The van der Waals surface area contributed by atoms with Gasteiger partial charge in [0.15, 0.2) is 0 Å². The minimum absolute atomic E-state index is 0.00646. The van der Waals surface area contributed by atoms with Gasteiger partial charge in [0.1, 0.15) is 17.2 Å². The molecule has 1 aliphatic rings. The molecule has 3 aromatic rings. The Kier molecular flexibility index (Phi) is 4.91. The van der Waals surface area contributed by atoms with Crippen molar-refractivity contribution in [1.29, 1.82) is 0 Å². The van der Waals surface area contributed by atoms with Crippen LogP contribution in [0.25, 0.3) is 11.3 Å². The molecule has 1 amide bonds. The van der Waals surface area contributed by atoms with Gasteiger partial charge >= 0.3 is 0 Å². The topological polar surface area (TPSA) is 89.5 Å². The van der Waals surface area contributed by atoms with E-state index in [4.69, 9.17) is 23.2 Å². The average molecular weight is 418 g/mol. The number of hydrogen-bond donors (Lipinski definition) is 3. The van der Waals surface area contributed by atoms with Crippen LogP contribution in [0.5, 0.6) is 11.5 Å². The van der Waals surface area contributed by atoms with Crippen LogP contribution in [0.3, 0.4) is 0 Å². The first-order valence-corrected chi connectivity index (χ1v) is 9.48. The number of fused-ring (bicyclic) bond motifs is 1. The highest BCUT2D eigenvalue weighted by molar-refractivity contribution is 6.32. The SMILES string of the molecule is O=C(Cc1cccc(Cl)c1)N1CCc2[nH]nc(-c3cc(Cl)c(O)cc3O)c2C1. The second-order valence-corrected chi connectivity index (χ2v) is 7.57. The van der Waals surface area contributed by atoms with E-state index in [0.29, 0.717) is 35.8 Å². The number of amides is 1. The van der Waals surface area contributed by atoms with Gasteiger partial charge < -0.3 is 15.1 Å². The van der Waals surface area contributed by atoms with Gasteiger partial charge in [-0.25, -0.2) is 0 Å². The lowest BCUT2D eigenvalue weighted by molar-refractivity contribution is -0.131. The van der Waals surface area contributed by atoms with Gasteiger partial charge in [-0.05, 0) is 23.8 Å². The lowest BCUT2D eigenvalue weighted by Crippen LogP contribution is -2.36. The molecule has 2 aromatic carbocycles. The van der Waals surface area contributed by atoms with Crippen molar-refractivity contribution >= 4 is 29.1 Å². The number of aromatic amines is 1. The van der Waals surface area contributed by atoms with Gasteiger partial charge in [0, 0.05) is 47.4 Å². The molecule has 6 nitrogen and oxygen atoms in total. The summed E-state index contributed by atoms with van der Waals surface area (Å²) >= 11 is 12.0. The molecule has 2 heterocycles. The Morgan fingerprint density at radius 2 is 2.00 bits per heavy atom. The van der Waals surface area contributed by atoms with Gasteiger partial charge in [0.2, 0.25) is 5.91 Å². The van der Waals surface area contributed by atoms with Crippen LogP contribution in [-0.4, -0.2) is 37.8 Å². The molecule has 3 N–H and O–H groups in total. The van der Waals surface area contributed by atoms with Crippen molar-refractivity contribution in [2.75, 3.05) is 6.54 Å². The number of carbonyl (C=O) groups excluding carboxylic acids is 1. The number of carbonyl (C=O) groups is 1. The van der Waals surface area contributed by atoms with E-state index in [1.807, 2.05) is 12.1 Å². The largest absolute Gasteiger partial charge is 0.507 e. The summed E-state index contributed by atoms with van der Waals surface area (Å²) in [7, 11) is 0. The quantitative estimate of drug-likeness (QED) is 0.602. The first-order valence-electron chi connectivity index (χ1n) is 8.72. The first kappa shape index (κ1) is 18.7. The molecule has 8 heteroatoms. The Bertz CT molecular complexity index is 1060. The molecule has 1 aromatic heterocycles. The first-order chi connectivity index (χ1) is 13.4. The van der Waals surface area contributed by atoms with Crippen LogP contribution in [0.4, 0.5) is 0 Å². The summed E-state index contributed by atoms with van der Waals surface area (Å²) in [4.78, 5) is 14.5. The Morgan fingerprint density at radius 3 is 2.79 bits per heavy atom. The third-order valence-corrected chi connectivity index (χ3v) is 5.39. The summed E-state index contributed by atoms with van der Waals surface area (Å²) in [5.74, 6) is -0.336. The van der Waals surface area contributed by atoms with Crippen LogP contribution in [0.2, 0.25) is 10.0 Å². The number of hydrogen-bond acceptors (Lipinski definition) is 4. The maximum Gasteiger partial charge on any atom is 0.227 e. The van der Waals surface area contributed by atoms with Gasteiger partial charge in [0.25, 0.3) is 0 Å². The number of H-pyrrole nitrogens is 1. The van der Waals surface area contributed by atoms with E-state index in [0.717, 1.165) is 16.8 Å². The smallest absolute Gasteiger partial charge is 0.227 e. The summed E-state index contributed by atoms with van der Waals surface area (Å²) < 4.78 is 0. The van der Waals surface area contributed by atoms with Crippen LogP contribution in [0.1, 0.15) is 16.8 Å². The van der Waals surface area contributed by atoms with E-state index in [2.05, 4.69) is 10.2 Å². The molecule has 0 bridgehead atoms. The Morgan fingerprint density at radius 1 is 1.18 bits per heavy atom. The molecule has 144 valence electrons. The fraction of sp³-hybridized carbons (Fsp3) is 0.200. The molecule has 0 radical (unpaired) electrons. The maximum absolute atomic E-state index is 12.8. The highest BCUT2D eigenvalue weighted by atomic mass is 35.5. The number of nitrogens with one attached hydrogen (secondary N) is 1. The van der Waals surface area contributed by atoms with E-state index in [-0.39, 0.29) is 28.8 Å². The highest BCUT2D eigenvalue weighted by Crippen LogP contribution is 2.39. The van der Waals surface area contributed by atoms with Crippen LogP contribution in [-0.2, 0) is 24.2 Å². The number of phenols is 2. The normalized spacial score (nSPS) is 13.4. The molecule has 0 fully saturated rings. The predicted octanol–water partition coefficient (Wildman–Crippen LogP) is 3.92. The minimum atomic E-state index is -0.203. The third kappa shape index (κ3) is 3.53.